The molecule has 1 aromatic heterocycles. The van der Waals surface area contributed by atoms with Crippen LogP contribution < -0.4 is 19.5 Å². The number of carbonyl (C=O) groups is 1. The highest BCUT2D eigenvalue weighted by molar-refractivity contribution is 7.15. The quantitative estimate of drug-likeness (QED) is 0.608. The molecule has 2 aromatic carbocycles. The molecular formula is C22H22N2O5S. The molecule has 1 amide bonds. The number of aliphatic hydroxyl groups is 1. The maximum Gasteiger partial charge on any atom is 0.413 e. The van der Waals surface area contributed by atoms with Crippen LogP contribution in [-0.2, 0) is 6.42 Å². The number of hydrogen-bond acceptors (Lipinski definition) is 7. The van der Waals surface area contributed by atoms with E-state index < -0.39 is 6.09 Å². The maximum absolute atomic E-state index is 11.5. The molecule has 1 atom stereocenters. The van der Waals surface area contributed by atoms with Crippen molar-refractivity contribution in [1.82, 2.24) is 10.3 Å². The lowest BCUT2D eigenvalue weighted by atomic mass is 9.95. The molecule has 7 nitrogen and oxygen atoms in total. The van der Waals surface area contributed by atoms with E-state index in [1.807, 2.05) is 30.3 Å². The Morgan fingerprint density at radius 1 is 1.33 bits per heavy atom. The van der Waals surface area contributed by atoms with Crippen LogP contribution in [0.3, 0.4) is 0 Å². The molecule has 0 spiro atoms. The minimum absolute atomic E-state index is 0.0566. The van der Waals surface area contributed by atoms with Crippen LogP contribution in [0.4, 0.5) is 4.79 Å². The van der Waals surface area contributed by atoms with E-state index in [9.17, 15) is 4.79 Å². The Labute approximate surface area is 178 Å². The van der Waals surface area contributed by atoms with Gasteiger partial charge in [-0.3, -0.25) is 0 Å². The van der Waals surface area contributed by atoms with E-state index in [0.29, 0.717) is 16.0 Å². The van der Waals surface area contributed by atoms with E-state index in [1.165, 1.54) is 17.3 Å². The van der Waals surface area contributed by atoms with Gasteiger partial charge in [-0.2, -0.15) is 0 Å². The fraction of sp³-hybridized carbons (Fsp3) is 0.273. The third kappa shape index (κ3) is 4.72. The predicted molar refractivity (Wildman–Crippen MR) is 113 cm³/mol. The molecule has 0 fully saturated rings. The molecule has 0 saturated carbocycles. The number of thiazole rings is 1. The lowest BCUT2D eigenvalue weighted by Crippen LogP contribution is -2.29. The molecule has 4 rings (SSSR count). The number of ether oxygens (including phenoxy) is 3. The Bertz CT molecular complexity index is 1040. The molecule has 30 heavy (non-hydrogen) atoms. The first kappa shape index (κ1) is 20.2. The Hall–Kier alpha value is -3.10. The van der Waals surface area contributed by atoms with Gasteiger partial charge in [0.25, 0.3) is 5.19 Å². The Kier molecular flexibility index (Phi) is 6.15. The number of aryl methyl sites for hydroxylation is 2. The number of fused-ring (bicyclic) bond motifs is 1. The van der Waals surface area contributed by atoms with Gasteiger partial charge in [0.2, 0.25) is 5.06 Å². The molecule has 8 heteroatoms. The minimum Gasteiger partial charge on any atom is -0.485 e. The van der Waals surface area contributed by atoms with Crippen LogP contribution in [0.15, 0.2) is 48.7 Å². The molecule has 2 N–H and O–H groups in total. The third-order valence-corrected chi connectivity index (χ3v) is 5.51. The first-order valence-corrected chi connectivity index (χ1v) is 10.5. The number of nitrogens with zero attached hydrogens (tertiary/aromatic N) is 1. The average Bonchev–Trinajstić information content (AvgIpc) is 3.18. The van der Waals surface area contributed by atoms with E-state index >= 15 is 0 Å². The van der Waals surface area contributed by atoms with Gasteiger partial charge in [-0.05, 0) is 66.0 Å². The van der Waals surface area contributed by atoms with Gasteiger partial charge in [0.1, 0.15) is 17.6 Å². The van der Waals surface area contributed by atoms with Crippen LogP contribution >= 0.6 is 11.3 Å². The zero-order valence-electron chi connectivity index (χ0n) is 16.5. The zero-order chi connectivity index (χ0) is 20.9. The first-order valence-electron chi connectivity index (χ1n) is 9.67. The summed E-state index contributed by atoms with van der Waals surface area (Å²) >= 11 is 1.12. The van der Waals surface area contributed by atoms with Crippen LogP contribution in [0.5, 0.6) is 21.8 Å². The van der Waals surface area contributed by atoms with Crippen LogP contribution in [-0.4, -0.2) is 29.3 Å². The second-order valence-corrected chi connectivity index (χ2v) is 7.81. The summed E-state index contributed by atoms with van der Waals surface area (Å²) < 4.78 is 17.1. The highest BCUT2D eigenvalue weighted by Crippen LogP contribution is 2.39. The van der Waals surface area contributed by atoms with Crippen molar-refractivity contribution in [2.24, 2.45) is 0 Å². The minimum atomic E-state index is -0.645. The monoisotopic (exact) mass is 426 g/mol. The summed E-state index contributed by atoms with van der Waals surface area (Å²) in [5.41, 5.74) is 3.55. The lowest BCUT2D eigenvalue weighted by molar-refractivity contribution is 0.175. The number of amides is 1. The summed E-state index contributed by atoms with van der Waals surface area (Å²) in [6.07, 6.45) is 2.63. The molecule has 2 heterocycles. The van der Waals surface area contributed by atoms with Crippen molar-refractivity contribution in [3.63, 3.8) is 0 Å². The molecule has 1 aliphatic heterocycles. The molecule has 1 aliphatic rings. The number of aromatic nitrogens is 1. The molecule has 1 unspecified atom stereocenters. The average molecular weight is 426 g/mol. The van der Waals surface area contributed by atoms with E-state index in [2.05, 4.69) is 29.4 Å². The van der Waals surface area contributed by atoms with Crippen molar-refractivity contribution in [3.05, 3.63) is 65.4 Å². The van der Waals surface area contributed by atoms with Crippen LogP contribution in [0, 0.1) is 6.92 Å². The van der Waals surface area contributed by atoms with Gasteiger partial charge in [0, 0.05) is 6.54 Å². The van der Waals surface area contributed by atoms with Crippen molar-refractivity contribution in [2.75, 3.05) is 13.2 Å². The number of benzene rings is 2. The summed E-state index contributed by atoms with van der Waals surface area (Å²) in [7, 11) is 0. The van der Waals surface area contributed by atoms with Crippen LogP contribution in [0.2, 0.25) is 0 Å². The van der Waals surface area contributed by atoms with E-state index in [1.54, 1.807) is 0 Å². The molecule has 0 saturated heterocycles. The number of hydrogen-bond donors (Lipinski definition) is 2. The molecular weight excluding hydrogens is 404 g/mol. The SMILES string of the molecule is Cc1ccccc1C1CCc2cc(Oc3ncc(OC(=O)NCCO)s3)ccc2O1. The largest absolute Gasteiger partial charge is 0.485 e. The highest BCUT2D eigenvalue weighted by atomic mass is 32.1. The zero-order valence-corrected chi connectivity index (χ0v) is 17.3. The van der Waals surface area contributed by atoms with Crippen molar-refractivity contribution in [1.29, 1.82) is 0 Å². The smallest absolute Gasteiger partial charge is 0.413 e. The molecule has 3 aromatic rings. The Morgan fingerprint density at radius 3 is 3.03 bits per heavy atom. The standard InChI is InChI=1S/C22H22N2O5S/c1-14-4-2-3-5-17(14)19-8-6-15-12-16(7-9-18(15)28-19)27-22-24-13-20(30-22)29-21(26)23-10-11-25/h2-5,7,9,12-13,19,25H,6,8,10-11H2,1H3,(H,23,26). The second kappa shape index (κ2) is 9.15. The highest BCUT2D eigenvalue weighted by Gasteiger charge is 2.23. The molecule has 0 radical (unpaired) electrons. The van der Waals surface area contributed by atoms with E-state index in [4.69, 9.17) is 19.3 Å². The lowest BCUT2D eigenvalue weighted by Gasteiger charge is -2.27. The number of carbonyl (C=O) groups excluding carboxylic acids is 1. The van der Waals surface area contributed by atoms with Gasteiger partial charge in [-0.15, -0.1) is 0 Å². The molecule has 0 bridgehead atoms. The first-order chi connectivity index (χ1) is 14.6. The van der Waals surface area contributed by atoms with E-state index in [-0.39, 0.29) is 19.3 Å². The van der Waals surface area contributed by atoms with Crippen LogP contribution in [0.25, 0.3) is 0 Å². The van der Waals surface area contributed by atoms with Gasteiger partial charge >= 0.3 is 6.09 Å². The van der Waals surface area contributed by atoms with Gasteiger partial charge in [-0.25, -0.2) is 9.78 Å². The van der Waals surface area contributed by atoms with Gasteiger partial charge in [0.15, 0.2) is 0 Å². The summed E-state index contributed by atoms with van der Waals surface area (Å²) in [4.78, 5) is 15.7. The second-order valence-electron chi connectivity index (χ2n) is 6.86. The predicted octanol–water partition coefficient (Wildman–Crippen LogP) is 4.39. The summed E-state index contributed by atoms with van der Waals surface area (Å²) in [5.74, 6) is 1.52. The Balaban J connectivity index is 1.40. The number of rotatable bonds is 6. The summed E-state index contributed by atoms with van der Waals surface area (Å²) in [6.45, 7) is 2.08. The van der Waals surface area contributed by atoms with Gasteiger partial charge in [0.05, 0.1) is 12.8 Å². The summed E-state index contributed by atoms with van der Waals surface area (Å²) in [6, 6.07) is 14.0. The number of nitrogens with one attached hydrogen (secondary N) is 1. The van der Waals surface area contributed by atoms with Crippen molar-refractivity contribution in [3.8, 4) is 21.8 Å². The summed E-state index contributed by atoms with van der Waals surface area (Å²) in [5, 5.41) is 11.8. The topological polar surface area (TPSA) is 89.9 Å². The Morgan fingerprint density at radius 2 is 2.20 bits per heavy atom. The van der Waals surface area contributed by atoms with Gasteiger partial charge in [-0.1, -0.05) is 24.3 Å². The fourth-order valence-corrected chi connectivity index (χ4v) is 3.96. The normalized spacial score (nSPS) is 15.1. The molecule has 0 aliphatic carbocycles. The molecule has 156 valence electrons. The van der Waals surface area contributed by atoms with E-state index in [0.717, 1.165) is 35.5 Å². The van der Waals surface area contributed by atoms with Crippen LogP contribution in [0.1, 0.15) is 29.2 Å². The van der Waals surface area contributed by atoms with Crippen molar-refractivity contribution < 1.29 is 24.1 Å². The maximum atomic E-state index is 11.5. The fourth-order valence-electron chi connectivity index (χ4n) is 3.32. The van der Waals surface area contributed by atoms with Crippen molar-refractivity contribution in [2.45, 2.75) is 25.9 Å². The van der Waals surface area contributed by atoms with Gasteiger partial charge < -0.3 is 24.6 Å². The third-order valence-electron chi connectivity index (χ3n) is 4.76. The number of aliphatic hydroxyl groups excluding tert-OH is 1. The van der Waals surface area contributed by atoms with Crippen molar-refractivity contribution >= 4 is 17.4 Å².